The van der Waals surface area contributed by atoms with Crippen molar-refractivity contribution in [3.63, 3.8) is 0 Å². The highest BCUT2D eigenvalue weighted by Gasteiger charge is 2.43. The summed E-state index contributed by atoms with van der Waals surface area (Å²) < 4.78 is 7.16. The molecule has 2 aromatic carbocycles. The number of H-pyrrole nitrogens is 1. The van der Waals surface area contributed by atoms with E-state index in [0.29, 0.717) is 17.3 Å². The number of aromatic nitrogens is 2. The number of ether oxygens (including phenoxy) is 1. The molecule has 2 saturated heterocycles. The van der Waals surface area contributed by atoms with E-state index >= 15 is 0 Å². The van der Waals surface area contributed by atoms with E-state index in [9.17, 15) is 14.7 Å². The third-order valence-corrected chi connectivity index (χ3v) is 8.50. The summed E-state index contributed by atoms with van der Waals surface area (Å²) in [5, 5.41) is 11.0. The molecule has 4 heterocycles. The first-order chi connectivity index (χ1) is 17.4. The van der Waals surface area contributed by atoms with E-state index < -0.39 is 5.97 Å². The number of nitrogens with zero attached hydrogens (tertiary/aromatic N) is 3. The van der Waals surface area contributed by atoms with Gasteiger partial charge >= 0.3 is 5.97 Å². The molecule has 2 unspecified atom stereocenters. The van der Waals surface area contributed by atoms with Crippen molar-refractivity contribution >= 4 is 44.3 Å². The molecule has 9 heteroatoms. The monoisotopic (exact) mass is 504 g/mol. The van der Waals surface area contributed by atoms with E-state index in [1.54, 1.807) is 4.90 Å². The van der Waals surface area contributed by atoms with Crippen LogP contribution in [0, 0.1) is 0 Å². The van der Waals surface area contributed by atoms with Gasteiger partial charge in [0.15, 0.2) is 0 Å². The van der Waals surface area contributed by atoms with Gasteiger partial charge in [0.05, 0.1) is 10.2 Å². The van der Waals surface area contributed by atoms with Gasteiger partial charge in [-0.25, -0.2) is 4.98 Å². The van der Waals surface area contributed by atoms with Gasteiger partial charge in [-0.05, 0) is 55.5 Å². The van der Waals surface area contributed by atoms with E-state index in [0.717, 1.165) is 53.7 Å². The Bertz CT molecular complexity index is 1400. The Hall–Kier alpha value is -3.43. The van der Waals surface area contributed by atoms with Gasteiger partial charge in [0.2, 0.25) is 5.91 Å². The number of carboxylic acid groups (broad SMARTS) is 1. The molecule has 186 valence electrons. The number of benzene rings is 2. The summed E-state index contributed by atoms with van der Waals surface area (Å²) in [6.45, 7) is 2.08. The molecule has 0 spiro atoms. The highest BCUT2D eigenvalue weighted by Crippen LogP contribution is 2.40. The van der Waals surface area contributed by atoms with Crippen molar-refractivity contribution in [2.45, 2.75) is 57.3 Å². The molecule has 1 amide bonds. The number of hydrogen-bond acceptors (Lipinski definition) is 6. The number of aromatic amines is 1. The average molecular weight is 505 g/mol. The van der Waals surface area contributed by atoms with Crippen molar-refractivity contribution in [1.29, 1.82) is 0 Å². The molecular formula is C27H28N4O4S. The van der Waals surface area contributed by atoms with Gasteiger partial charge in [-0.2, -0.15) is 0 Å². The van der Waals surface area contributed by atoms with E-state index in [1.807, 2.05) is 36.4 Å². The highest BCUT2D eigenvalue weighted by molar-refractivity contribution is 7.20. The lowest BCUT2D eigenvalue weighted by atomic mass is 9.95. The minimum Gasteiger partial charge on any atom is -0.480 e. The average Bonchev–Trinajstić information content (AvgIpc) is 3.50. The van der Waals surface area contributed by atoms with Crippen LogP contribution in [-0.4, -0.2) is 61.4 Å². The van der Waals surface area contributed by atoms with Crippen LogP contribution >= 0.6 is 11.3 Å². The summed E-state index contributed by atoms with van der Waals surface area (Å²) >= 11 is 1.53. The highest BCUT2D eigenvalue weighted by atomic mass is 32.1. The molecule has 0 radical (unpaired) electrons. The smallest absolute Gasteiger partial charge is 0.323 e. The molecular weight excluding hydrogens is 476 g/mol. The first kappa shape index (κ1) is 23.0. The van der Waals surface area contributed by atoms with Crippen molar-refractivity contribution in [1.82, 2.24) is 19.8 Å². The summed E-state index contributed by atoms with van der Waals surface area (Å²) in [5.74, 6) is -0.361. The number of para-hydroxylation sites is 1. The zero-order valence-corrected chi connectivity index (χ0v) is 20.8. The Morgan fingerprint density at radius 2 is 1.97 bits per heavy atom. The van der Waals surface area contributed by atoms with Crippen molar-refractivity contribution < 1.29 is 19.4 Å². The summed E-state index contributed by atoms with van der Waals surface area (Å²) in [5.41, 5.74) is 3.20. The fraction of sp³-hybridized carbons (Fsp3) is 0.370. The maximum absolute atomic E-state index is 12.1. The van der Waals surface area contributed by atoms with Crippen molar-refractivity contribution in [3.05, 3.63) is 54.2 Å². The molecule has 2 aromatic heterocycles. The Labute approximate surface area is 212 Å². The molecule has 2 bridgehead atoms. The first-order valence-electron chi connectivity index (χ1n) is 12.3. The minimum atomic E-state index is -0.953. The summed E-state index contributed by atoms with van der Waals surface area (Å²) in [4.78, 5) is 35.5. The molecule has 0 aliphatic carbocycles. The summed E-state index contributed by atoms with van der Waals surface area (Å²) in [7, 11) is 0. The van der Waals surface area contributed by atoms with Crippen molar-refractivity contribution in [2.24, 2.45) is 0 Å². The second kappa shape index (κ2) is 9.22. The molecule has 6 rings (SSSR count). The molecule has 2 aliphatic rings. The zero-order valence-electron chi connectivity index (χ0n) is 20.0. The Morgan fingerprint density at radius 3 is 2.69 bits per heavy atom. The fourth-order valence-corrected chi connectivity index (χ4v) is 6.79. The molecule has 2 N–H and O–H groups in total. The van der Waals surface area contributed by atoms with Gasteiger partial charge in [-0.3, -0.25) is 14.5 Å². The molecule has 4 aromatic rings. The number of piperidine rings is 1. The number of carbonyl (C=O) groups excluding carboxylic acids is 1. The lowest BCUT2D eigenvalue weighted by Gasteiger charge is -2.42. The third kappa shape index (κ3) is 4.33. The van der Waals surface area contributed by atoms with Gasteiger partial charge in [0, 0.05) is 54.8 Å². The molecule has 0 saturated carbocycles. The van der Waals surface area contributed by atoms with Gasteiger partial charge in [0.1, 0.15) is 12.3 Å². The lowest BCUT2D eigenvalue weighted by molar-refractivity contribution is -0.146. The van der Waals surface area contributed by atoms with Gasteiger partial charge in [0.25, 0.3) is 5.19 Å². The van der Waals surface area contributed by atoms with Gasteiger partial charge < -0.3 is 19.7 Å². The number of carbonyl (C=O) groups is 2. The Morgan fingerprint density at radius 1 is 1.19 bits per heavy atom. The van der Waals surface area contributed by atoms with Crippen LogP contribution in [0.5, 0.6) is 10.9 Å². The molecule has 2 aliphatic heterocycles. The largest absolute Gasteiger partial charge is 0.480 e. The number of fused-ring (bicyclic) bond motifs is 4. The maximum Gasteiger partial charge on any atom is 0.323 e. The number of aliphatic carboxylic acids is 1. The van der Waals surface area contributed by atoms with Gasteiger partial charge in [-0.1, -0.05) is 23.5 Å². The number of carboxylic acids is 1. The van der Waals surface area contributed by atoms with Crippen LogP contribution in [0.25, 0.3) is 21.1 Å². The number of rotatable bonds is 7. The van der Waals surface area contributed by atoms with Crippen LogP contribution < -0.4 is 4.74 Å². The minimum absolute atomic E-state index is 0.00228. The number of amides is 1. The van der Waals surface area contributed by atoms with Crippen molar-refractivity contribution in [3.8, 4) is 10.9 Å². The van der Waals surface area contributed by atoms with E-state index in [1.165, 1.54) is 29.2 Å². The van der Waals surface area contributed by atoms with Crippen LogP contribution in [0.1, 0.15) is 38.2 Å². The quantitative estimate of drug-likeness (QED) is 0.368. The summed E-state index contributed by atoms with van der Waals surface area (Å²) in [6, 6.07) is 14.8. The molecule has 8 nitrogen and oxygen atoms in total. The zero-order chi connectivity index (χ0) is 24.8. The van der Waals surface area contributed by atoms with Gasteiger partial charge in [-0.15, -0.1) is 0 Å². The standard InChI is InChI=1S/C27H28N4O4S/c1-16(32)30(15-26(33)34)20-10-18-6-7-19(11-20)31(18)14-17-13-28-24-12-21(8-9-22(17)24)35-27-29-23-4-2-3-5-25(23)36-27/h2-5,8-9,12-13,18-20,28H,6-7,10-11,14-15H2,1H3,(H,33,34). The number of thiazole rings is 1. The van der Waals surface area contributed by atoms with E-state index in [-0.39, 0.29) is 18.5 Å². The maximum atomic E-state index is 12.1. The van der Waals surface area contributed by atoms with Crippen molar-refractivity contribution in [2.75, 3.05) is 6.54 Å². The third-order valence-electron chi connectivity index (χ3n) is 7.58. The molecule has 2 atom stereocenters. The number of hydrogen-bond donors (Lipinski definition) is 2. The van der Waals surface area contributed by atoms with Crippen LogP contribution in [0.2, 0.25) is 0 Å². The second-order valence-electron chi connectivity index (χ2n) is 9.79. The molecule has 36 heavy (non-hydrogen) atoms. The lowest BCUT2D eigenvalue weighted by Crippen LogP contribution is -2.52. The van der Waals surface area contributed by atoms with Crippen LogP contribution in [0.4, 0.5) is 0 Å². The van der Waals surface area contributed by atoms with Crippen LogP contribution in [0.15, 0.2) is 48.7 Å². The van der Waals surface area contributed by atoms with E-state index in [4.69, 9.17) is 4.74 Å². The fourth-order valence-electron chi connectivity index (χ4n) is 5.95. The normalized spacial score (nSPS) is 21.8. The Kier molecular flexibility index (Phi) is 5.89. The van der Waals surface area contributed by atoms with Crippen LogP contribution in [-0.2, 0) is 16.1 Å². The molecule has 2 fully saturated rings. The topological polar surface area (TPSA) is 98.8 Å². The Balaban J connectivity index is 1.16. The first-order valence-corrected chi connectivity index (χ1v) is 13.1. The predicted octanol–water partition coefficient (Wildman–Crippen LogP) is 5.00. The predicted molar refractivity (Wildman–Crippen MR) is 138 cm³/mol. The SMILES string of the molecule is CC(=O)N(CC(=O)O)C1CC2CCC(C1)N2Cc1c[nH]c2cc(Oc3nc4ccccc4s3)ccc12. The summed E-state index contributed by atoms with van der Waals surface area (Å²) in [6.07, 6.45) is 5.90. The van der Waals surface area contributed by atoms with E-state index in [2.05, 4.69) is 27.1 Å². The second-order valence-corrected chi connectivity index (χ2v) is 10.8. The number of nitrogens with one attached hydrogen (secondary N) is 1. The van der Waals surface area contributed by atoms with Crippen LogP contribution in [0.3, 0.4) is 0 Å².